The fourth-order valence-electron chi connectivity index (χ4n) is 1.47. The number of aryl methyl sites for hydroxylation is 1. The standard InChI is InChI=1S/C11H15N5O/c1-3-16-11(13-14-15-16)12-8-9-4-6-10(17-2)7-5-9/h4-7H,3,8H2,1-2H3,(H,12,13,15). The van der Waals surface area contributed by atoms with Crippen molar-refractivity contribution < 1.29 is 4.74 Å². The lowest BCUT2D eigenvalue weighted by molar-refractivity contribution is 0.414. The van der Waals surface area contributed by atoms with Crippen LogP contribution in [-0.4, -0.2) is 27.3 Å². The summed E-state index contributed by atoms with van der Waals surface area (Å²) in [4.78, 5) is 0. The summed E-state index contributed by atoms with van der Waals surface area (Å²) in [7, 11) is 1.66. The molecule has 17 heavy (non-hydrogen) atoms. The SMILES string of the molecule is CCn1nnnc1NCc1ccc(OC)cc1. The van der Waals surface area contributed by atoms with Crippen molar-refractivity contribution in [2.24, 2.45) is 0 Å². The molecule has 2 rings (SSSR count). The van der Waals surface area contributed by atoms with Gasteiger partial charge in [-0.3, -0.25) is 0 Å². The van der Waals surface area contributed by atoms with E-state index in [0.717, 1.165) is 17.9 Å². The van der Waals surface area contributed by atoms with Crippen LogP contribution in [0.15, 0.2) is 24.3 Å². The van der Waals surface area contributed by atoms with Crippen molar-refractivity contribution in [2.45, 2.75) is 20.0 Å². The largest absolute Gasteiger partial charge is 0.497 e. The Morgan fingerprint density at radius 1 is 1.29 bits per heavy atom. The molecule has 2 aromatic rings. The van der Waals surface area contributed by atoms with Crippen LogP contribution in [0, 0.1) is 0 Å². The molecule has 1 heterocycles. The number of methoxy groups -OCH3 is 1. The molecule has 1 aromatic heterocycles. The molecule has 6 heteroatoms. The predicted molar refractivity (Wildman–Crippen MR) is 63.8 cm³/mol. The highest BCUT2D eigenvalue weighted by atomic mass is 16.5. The lowest BCUT2D eigenvalue weighted by atomic mass is 10.2. The Bertz CT molecular complexity index is 465. The van der Waals surface area contributed by atoms with Gasteiger partial charge in [-0.2, -0.15) is 0 Å². The Labute approximate surface area is 99.6 Å². The number of nitrogens with one attached hydrogen (secondary N) is 1. The molecule has 0 aliphatic heterocycles. The molecule has 0 bridgehead atoms. The second kappa shape index (κ2) is 5.29. The zero-order chi connectivity index (χ0) is 12.1. The van der Waals surface area contributed by atoms with Gasteiger partial charge in [0.2, 0.25) is 5.95 Å². The Morgan fingerprint density at radius 3 is 2.71 bits per heavy atom. The third kappa shape index (κ3) is 2.72. The maximum absolute atomic E-state index is 5.10. The minimum atomic E-state index is 0.684. The van der Waals surface area contributed by atoms with E-state index in [4.69, 9.17) is 4.74 Å². The molecule has 1 aromatic carbocycles. The van der Waals surface area contributed by atoms with Crippen molar-refractivity contribution in [2.75, 3.05) is 12.4 Å². The number of hydrogen-bond donors (Lipinski definition) is 1. The third-order valence-corrected chi connectivity index (χ3v) is 2.44. The van der Waals surface area contributed by atoms with Crippen LogP contribution in [0.25, 0.3) is 0 Å². The smallest absolute Gasteiger partial charge is 0.243 e. The fraction of sp³-hybridized carbons (Fsp3) is 0.364. The minimum Gasteiger partial charge on any atom is -0.497 e. The van der Waals surface area contributed by atoms with Crippen molar-refractivity contribution in [3.8, 4) is 5.75 Å². The van der Waals surface area contributed by atoms with E-state index in [1.807, 2.05) is 31.2 Å². The van der Waals surface area contributed by atoms with Gasteiger partial charge in [-0.05, 0) is 35.0 Å². The van der Waals surface area contributed by atoms with Crippen molar-refractivity contribution in [1.82, 2.24) is 20.2 Å². The summed E-state index contributed by atoms with van der Waals surface area (Å²) in [6.07, 6.45) is 0. The number of anilines is 1. The van der Waals surface area contributed by atoms with Gasteiger partial charge < -0.3 is 10.1 Å². The Hall–Kier alpha value is -2.11. The van der Waals surface area contributed by atoms with E-state index in [1.165, 1.54) is 0 Å². The second-order valence-electron chi connectivity index (χ2n) is 3.52. The summed E-state index contributed by atoms with van der Waals surface area (Å²) in [5.74, 6) is 1.54. The normalized spacial score (nSPS) is 10.2. The molecule has 90 valence electrons. The van der Waals surface area contributed by atoms with Gasteiger partial charge >= 0.3 is 0 Å². The summed E-state index contributed by atoms with van der Waals surface area (Å²) < 4.78 is 6.81. The van der Waals surface area contributed by atoms with Crippen LogP contribution in [0.2, 0.25) is 0 Å². The molecule has 0 atom stereocenters. The van der Waals surface area contributed by atoms with Crippen molar-refractivity contribution in [1.29, 1.82) is 0 Å². The predicted octanol–water partition coefficient (Wildman–Crippen LogP) is 1.31. The summed E-state index contributed by atoms with van der Waals surface area (Å²) in [6, 6.07) is 7.87. The molecule has 0 fully saturated rings. The van der Waals surface area contributed by atoms with Crippen molar-refractivity contribution in [3.63, 3.8) is 0 Å². The monoisotopic (exact) mass is 233 g/mol. The van der Waals surface area contributed by atoms with Crippen LogP contribution in [-0.2, 0) is 13.1 Å². The molecule has 0 radical (unpaired) electrons. The van der Waals surface area contributed by atoms with Crippen molar-refractivity contribution >= 4 is 5.95 Å². The molecule has 0 unspecified atom stereocenters. The summed E-state index contributed by atoms with van der Waals surface area (Å²) in [6.45, 7) is 3.43. The molecule has 1 N–H and O–H groups in total. The third-order valence-electron chi connectivity index (χ3n) is 2.44. The van der Waals surface area contributed by atoms with Crippen LogP contribution in [0.4, 0.5) is 5.95 Å². The molecule has 0 saturated carbocycles. The van der Waals surface area contributed by atoms with Gasteiger partial charge in [-0.25, -0.2) is 4.68 Å². The highest BCUT2D eigenvalue weighted by Gasteiger charge is 2.02. The first-order valence-electron chi connectivity index (χ1n) is 5.46. The molecule has 0 saturated heterocycles. The number of ether oxygens (including phenoxy) is 1. The summed E-state index contributed by atoms with van der Waals surface area (Å²) >= 11 is 0. The van der Waals surface area contributed by atoms with Crippen LogP contribution < -0.4 is 10.1 Å². The molecule has 6 nitrogen and oxygen atoms in total. The van der Waals surface area contributed by atoms with Crippen molar-refractivity contribution in [3.05, 3.63) is 29.8 Å². The van der Waals surface area contributed by atoms with Gasteiger partial charge in [0, 0.05) is 13.1 Å². The number of rotatable bonds is 5. The molecule has 0 amide bonds. The van der Waals surface area contributed by atoms with E-state index in [-0.39, 0.29) is 0 Å². The maximum atomic E-state index is 5.10. The molecular weight excluding hydrogens is 218 g/mol. The fourth-order valence-corrected chi connectivity index (χ4v) is 1.47. The Morgan fingerprint density at radius 2 is 2.06 bits per heavy atom. The molecule has 0 aliphatic carbocycles. The highest BCUT2D eigenvalue weighted by molar-refractivity contribution is 5.30. The van der Waals surface area contributed by atoms with Crippen LogP contribution in [0.3, 0.4) is 0 Å². The van der Waals surface area contributed by atoms with Crippen LogP contribution in [0.5, 0.6) is 5.75 Å². The van der Waals surface area contributed by atoms with Gasteiger partial charge in [0.25, 0.3) is 0 Å². The summed E-state index contributed by atoms with van der Waals surface area (Å²) in [5, 5.41) is 14.5. The number of tetrazole rings is 1. The highest BCUT2D eigenvalue weighted by Crippen LogP contribution is 2.12. The van der Waals surface area contributed by atoms with Gasteiger partial charge in [-0.1, -0.05) is 17.2 Å². The zero-order valence-corrected chi connectivity index (χ0v) is 9.92. The Balaban J connectivity index is 1.97. The zero-order valence-electron chi connectivity index (χ0n) is 9.92. The van der Waals surface area contributed by atoms with Crippen LogP contribution in [0.1, 0.15) is 12.5 Å². The second-order valence-corrected chi connectivity index (χ2v) is 3.52. The van der Waals surface area contributed by atoms with Gasteiger partial charge in [0.15, 0.2) is 0 Å². The van der Waals surface area contributed by atoms with E-state index in [1.54, 1.807) is 11.8 Å². The van der Waals surface area contributed by atoms with Crippen LogP contribution >= 0.6 is 0 Å². The molecule has 0 aliphatic rings. The first kappa shape index (κ1) is 11.4. The number of aromatic nitrogens is 4. The van der Waals surface area contributed by atoms with E-state index in [0.29, 0.717) is 12.5 Å². The van der Waals surface area contributed by atoms with E-state index >= 15 is 0 Å². The van der Waals surface area contributed by atoms with E-state index in [2.05, 4.69) is 20.8 Å². The van der Waals surface area contributed by atoms with E-state index < -0.39 is 0 Å². The van der Waals surface area contributed by atoms with Gasteiger partial charge in [0.1, 0.15) is 5.75 Å². The lowest BCUT2D eigenvalue weighted by Crippen LogP contribution is -2.07. The molecule has 0 spiro atoms. The first-order valence-corrected chi connectivity index (χ1v) is 5.46. The first-order chi connectivity index (χ1) is 8.33. The lowest BCUT2D eigenvalue weighted by Gasteiger charge is -2.06. The number of hydrogen-bond acceptors (Lipinski definition) is 5. The van der Waals surface area contributed by atoms with E-state index in [9.17, 15) is 0 Å². The average molecular weight is 233 g/mol. The number of benzene rings is 1. The minimum absolute atomic E-state index is 0.684. The molecular formula is C11H15N5O. The summed E-state index contributed by atoms with van der Waals surface area (Å²) in [5.41, 5.74) is 1.15. The average Bonchev–Trinajstić information content (AvgIpc) is 2.84. The number of nitrogens with zero attached hydrogens (tertiary/aromatic N) is 4. The quantitative estimate of drug-likeness (QED) is 0.843. The topological polar surface area (TPSA) is 64.9 Å². The van der Waals surface area contributed by atoms with Gasteiger partial charge in [-0.15, -0.1) is 0 Å². The maximum Gasteiger partial charge on any atom is 0.243 e. The van der Waals surface area contributed by atoms with Gasteiger partial charge in [0.05, 0.1) is 7.11 Å². The Kier molecular flexibility index (Phi) is 3.54.